The molecule has 2 aliphatic heterocycles. The van der Waals surface area contributed by atoms with Gasteiger partial charge >= 0.3 is 12.1 Å². The average molecular weight is 455 g/mol. The molecule has 2 N–H and O–H groups in total. The summed E-state index contributed by atoms with van der Waals surface area (Å²) >= 11 is 0. The molecule has 2 aromatic heterocycles. The smallest absolute Gasteiger partial charge is 0.475 e. The summed E-state index contributed by atoms with van der Waals surface area (Å²) in [6, 6.07) is 5.80. The zero-order valence-electron chi connectivity index (χ0n) is 17.2. The summed E-state index contributed by atoms with van der Waals surface area (Å²) in [6.45, 7) is 3.70. The van der Waals surface area contributed by atoms with Crippen molar-refractivity contribution in [1.82, 2.24) is 19.9 Å². The molecular formula is C20H24F3N5O4. The van der Waals surface area contributed by atoms with Crippen molar-refractivity contribution in [3.05, 3.63) is 42.5 Å². The second kappa shape index (κ2) is 10.4. The average Bonchev–Trinajstić information content (AvgIpc) is 3.38. The number of carbonyl (C=O) groups is 2. The van der Waals surface area contributed by atoms with Crippen LogP contribution in [-0.4, -0.2) is 81.9 Å². The summed E-state index contributed by atoms with van der Waals surface area (Å²) in [4.78, 5) is 37.4. The predicted octanol–water partition coefficient (Wildman–Crippen LogP) is 1.73. The summed E-state index contributed by atoms with van der Waals surface area (Å²) in [5, 5.41) is 7.12. The normalized spacial score (nSPS) is 20.7. The molecule has 2 fully saturated rings. The SMILES string of the molecule is O=C(CCc1ccc[nH]1)N1C[C@@H]2CN(c3ncccn3)CCO[C@@H]2C1.O=C(O)C(F)(F)F. The van der Waals surface area contributed by atoms with E-state index in [9.17, 15) is 18.0 Å². The topological polar surface area (TPSA) is 112 Å². The van der Waals surface area contributed by atoms with Crippen molar-refractivity contribution < 1.29 is 32.6 Å². The van der Waals surface area contributed by atoms with Crippen molar-refractivity contribution in [3.8, 4) is 0 Å². The van der Waals surface area contributed by atoms with E-state index in [-0.39, 0.29) is 12.0 Å². The van der Waals surface area contributed by atoms with Crippen LogP contribution in [0.15, 0.2) is 36.8 Å². The minimum atomic E-state index is -5.08. The molecule has 0 radical (unpaired) electrons. The third-order valence-electron chi connectivity index (χ3n) is 5.23. The number of fused-ring (bicyclic) bond motifs is 1. The fraction of sp³-hybridized carbons (Fsp3) is 0.500. The van der Waals surface area contributed by atoms with Crippen molar-refractivity contribution in [3.63, 3.8) is 0 Å². The Morgan fingerprint density at radius 2 is 1.91 bits per heavy atom. The Kier molecular flexibility index (Phi) is 7.67. The maximum atomic E-state index is 12.5. The van der Waals surface area contributed by atoms with Gasteiger partial charge in [0.25, 0.3) is 0 Å². The Morgan fingerprint density at radius 1 is 1.19 bits per heavy atom. The lowest BCUT2D eigenvalue weighted by Gasteiger charge is -2.23. The number of aliphatic carboxylic acids is 1. The van der Waals surface area contributed by atoms with E-state index >= 15 is 0 Å². The molecule has 0 bridgehead atoms. The molecule has 32 heavy (non-hydrogen) atoms. The van der Waals surface area contributed by atoms with Gasteiger partial charge in [-0.1, -0.05) is 0 Å². The van der Waals surface area contributed by atoms with E-state index < -0.39 is 12.1 Å². The molecule has 2 aromatic rings. The predicted molar refractivity (Wildman–Crippen MR) is 107 cm³/mol. The number of carbonyl (C=O) groups excluding carboxylic acids is 1. The summed E-state index contributed by atoms with van der Waals surface area (Å²) in [7, 11) is 0. The van der Waals surface area contributed by atoms with Gasteiger partial charge in [-0.3, -0.25) is 4.79 Å². The number of carboxylic acid groups (broad SMARTS) is 1. The second-order valence-corrected chi connectivity index (χ2v) is 7.46. The van der Waals surface area contributed by atoms with Gasteiger partial charge in [-0.2, -0.15) is 13.2 Å². The zero-order chi connectivity index (χ0) is 23.1. The number of aromatic nitrogens is 3. The third-order valence-corrected chi connectivity index (χ3v) is 5.23. The number of likely N-dealkylation sites (tertiary alicyclic amines) is 1. The second-order valence-electron chi connectivity index (χ2n) is 7.46. The van der Waals surface area contributed by atoms with Crippen LogP contribution in [0.3, 0.4) is 0 Å². The molecule has 4 heterocycles. The van der Waals surface area contributed by atoms with Gasteiger partial charge in [0.1, 0.15) is 0 Å². The van der Waals surface area contributed by atoms with Gasteiger partial charge in [0.05, 0.1) is 12.7 Å². The first-order valence-electron chi connectivity index (χ1n) is 10.1. The number of alkyl halides is 3. The maximum absolute atomic E-state index is 12.5. The van der Waals surface area contributed by atoms with E-state index in [2.05, 4.69) is 19.9 Å². The Balaban J connectivity index is 0.000000360. The van der Waals surface area contributed by atoms with E-state index in [1.807, 2.05) is 29.3 Å². The van der Waals surface area contributed by atoms with Crippen LogP contribution in [0.4, 0.5) is 19.1 Å². The lowest BCUT2D eigenvalue weighted by atomic mass is 10.1. The maximum Gasteiger partial charge on any atom is 0.490 e. The molecule has 2 saturated heterocycles. The van der Waals surface area contributed by atoms with Crippen molar-refractivity contribution in [2.45, 2.75) is 25.1 Å². The highest BCUT2D eigenvalue weighted by Gasteiger charge is 2.39. The molecule has 2 aliphatic rings. The largest absolute Gasteiger partial charge is 0.490 e. The van der Waals surface area contributed by atoms with E-state index in [0.717, 1.165) is 37.7 Å². The Labute approximate surface area is 182 Å². The van der Waals surface area contributed by atoms with Crippen LogP contribution in [0.2, 0.25) is 0 Å². The quantitative estimate of drug-likeness (QED) is 0.722. The van der Waals surface area contributed by atoms with Crippen LogP contribution in [0, 0.1) is 5.92 Å². The summed E-state index contributed by atoms with van der Waals surface area (Å²) in [5.41, 5.74) is 1.10. The van der Waals surface area contributed by atoms with Crippen molar-refractivity contribution in [2.75, 3.05) is 37.7 Å². The van der Waals surface area contributed by atoms with Gasteiger partial charge in [0.2, 0.25) is 11.9 Å². The van der Waals surface area contributed by atoms with Gasteiger partial charge in [0.15, 0.2) is 0 Å². The molecule has 2 atom stereocenters. The molecule has 0 aliphatic carbocycles. The summed E-state index contributed by atoms with van der Waals surface area (Å²) < 4.78 is 37.7. The molecule has 174 valence electrons. The van der Waals surface area contributed by atoms with Gasteiger partial charge < -0.3 is 24.6 Å². The molecule has 1 amide bonds. The minimum Gasteiger partial charge on any atom is -0.475 e. The first-order valence-corrected chi connectivity index (χ1v) is 10.1. The molecule has 0 spiro atoms. The van der Waals surface area contributed by atoms with Gasteiger partial charge in [-0.15, -0.1) is 0 Å². The number of aryl methyl sites for hydroxylation is 1. The number of rotatable bonds is 4. The fourth-order valence-electron chi connectivity index (χ4n) is 3.66. The number of aromatic amines is 1. The minimum absolute atomic E-state index is 0.114. The Morgan fingerprint density at radius 3 is 2.53 bits per heavy atom. The molecule has 0 unspecified atom stereocenters. The number of hydrogen-bond donors (Lipinski definition) is 2. The first-order chi connectivity index (χ1) is 15.2. The van der Waals surface area contributed by atoms with Crippen LogP contribution in [0.25, 0.3) is 0 Å². The molecule has 12 heteroatoms. The highest BCUT2D eigenvalue weighted by Crippen LogP contribution is 2.25. The zero-order valence-corrected chi connectivity index (χ0v) is 17.2. The highest BCUT2D eigenvalue weighted by molar-refractivity contribution is 5.76. The van der Waals surface area contributed by atoms with Crippen LogP contribution in [0.1, 0.15) is 12.1 Å². The molecule has 4 rings (SSSR count). The molecule has 0 saturated carbocycles. The summed E-state index contributed by atoms with van der Waals surface area (Å²) in [6.07, 6.45) is 1.73. The fourth-order valence-corrected chi connectivity index (χ4v) is 3.66. The Bertz CT molecular complexity index is 879. The first kappa shape index (κ1) is 23.5. The lowest BCUT2D eigenvalue weighted by molar-refractivity contribution is -0.192. The molecule has 0 aromatic carbocycles. The van der Waals surface area contributed by atoms with E-state index in [4.69, 9.17) is 14.6 Å². The number of halogens is 3. The number of carboxylic acids is 1. The molecular weight excluding hydrogens is 431 g/mol. The lowest BCUT2D eigenvalue weighted by Crippen LogP contribution is -2.34. The van der Waals surface area contributed by atoms with Crippen LogP contribution in [-0.2, 0) is 20.7 Å². The number of nitrogens with zero attached hydrogens (tertiary/aromatic N) is 4. The van der Waals surface area contributed by atoms with Gasteiger partial charge in [0, 0.05) is 62.8 Å². The van der Waals surface area contributed by atoms with Gasteiger partial charge in [-0.25, -0.2) is 14.8 Å². The number of nitrogens with one attached hydrogen (secondary N) is 1. The molecule has 9 nitrogen and oxygen atoms in total. The van der Waals surface area contributed by atoms with Crippen LogP contribution < -0.4 is 4.90 Å². The third kappa shape index (κ3) is 6.42. The standard InChI is InChI=1S/C18H23N5O2.C2HF3O2/c24-17(5-4-15-3-1-6-19-15)23-12-14-11-22(9-10-25-16(14)13-23)18-20-7-2-8-21-18;3-2(4,5)1(6)7/h1-3,6-8,14,16,19H,4-5,9-13H2;(H,6,7)/t14-,16+;/m0./s1. The number of hydrogen-bond acceptors (Lipinski definition) is 6. The van der Waals surface area contributed by atoms with Crippen LogP contribution >= 0.6 is 0 Å². The van der Waals surface area contributed by atoms with Gasteiger partial charge in [-0.05, 0) is 24.6 Å². The van der Waals surface area contributed by atoms with Crippen molar-refractivity contribution >= 4 is 17.8 Å². The number of anilines is 1. The summed E-state index contributed by atoms with van der Waals surface area (Å²) in [5.74, 6) is -1.51. The van der Waals surface area contributed by atoms with E-state index in [0.29, 0.717) is 25.5 Å². The van der Waals surface area contributed by atoms with Crippen LogP contribution in [0.5, 0.6) is 0 Å². The monoisotopic (exact) mass is 455 g/mol. The van der Waals surface area contributed by atoms with E-state index in [1.165, 1.54) is 0 Å². The number of H-pyrrole nitrogens is 1. The van der Waals surface area contributed by atoms with Crippen molar-refractivity contribution in [1.29, 1.82) is 0 Å². The van der Waals surface area contributed by atoms with Crippen molar-refractivity contribution in [2.24, 2.45) is 5.92 Å². The number of amides is 1. The Hall–Kier alpha value is -3.15. The van der Waals surface area contributed by atoms with E-state index in [1.54, 1.807) is 12.4 Å². The number of ether oxygens (including phenoxy) is 1. The highest BCUT2D eigenvalue weighted by atomic mass is 19.4.